The minimum absolute atomic E-state index is 0.591. The number of unbranched alkanes of at least 4 members (excludes halogenated alkanes) is 1. The third-order valence-corrected chi connectivity index (χ3v) is 5.29. The van der Waals surface area contributed by atoms with Gasteiger partial charge < -0.3 is 5.32 Å². The molecule has 2 heterocycles. The van der Waals surface area contributed by atoms with Gasteiger partial charge in [-0.2, -0.15) is 0 Å². The Labute approximate surface area is 135 Å². The summed E-state index contributed by atoms with van der Waals surface area (Å²) in [5.74, 6) is 1.06. The minimum atomic E-state index is 0.591. The molecule has 1 aromatic rings. The summed E-state index contributed by atoms with van der Waals surface area (Å²) in [5.41, 5.74) is 1.41. The molecule has 0 aromatic carbocycles. The van der Waals surface area contributed by atoms with Crippen molar-refractivity contribution in [2.75, 3.05) is 18.4 Å². The van der Waals surface area contributed by atoms with E-state index in [4.69, 9.17) is 4.98 Å². The second-order valence-corrected chi connectivity index (χ2v) is 7.00. The van der Waals surface area contributed by atoms with E-state index in [9.17, 15) is 0 Å². The predicted molar refractivity (Wildman–Crippen MR) is 93.2 cm³/mol. The molecule has 2 fully saturated rings. The van der Waals surface area contributed by atoms with Gasteiger partial charge in [-0.3, -0.25) is 4.90 Å². The molecule has 22 heavy (non-hydrogen) atoms. The summed E-state index contributed by atoms with van der Waals surface area (Å²) < 4.78 is 0. The Balaban J connectivity index is 1.62. The monoisotopic (exact) mass is 301 g/mol. The van der Waals surface area contributed by atoms with E-state index in [1.54, 1.807) is 0 Å². The van der Waals surface area contributed by atoms with E-state index in [2.05, 4.69) is 35.5 Å². The first-order valence-electron chi connectivity index (χ1n) is 9.33. The van der Waals surface area contributed by atoms with E-state index < -0.39 is 0 Å². The number of hydrogen-bond donors (Lipinski definition) is 1. The van der Waals surface area contributed by atoms with Crippen molar-refractivity contribution < 1.29 is 0 Å². The molecule has 122 valence electrons. The second-order valence-electron chi connectivity index (χ2n) is 7.00. The average molecular weight is 301 g/mol. The summed E-state index contributed by atoms with van der Waals surface area (Å²) >= 11 is 0. The summed E-state index contributed by atoms with van der Waals surface area (Å²) in [4.78, 5) is 7.37. The van der Waals surface area contributed by atoms with Crippen LogP contribution in [-0.2, 0) is 0 Å². The first-order chi connectivity index (χ1) is 10.9. The average Bonchev–Trinajstić information content (AvgIpc) is 3.07. The Morgan fingerprint density at radius 1 is 1.14 bits per heavy atom. The molecule has 3 nitrogen and oxygen atoms in total. The van der Waals surface area contributed by atoms with Crippen LogP contribution in [0, 0.1) is 0 Å². The highest BCUT2D eigenvalue weighted by Crippen LogP contribution is 2.31. The Kier molecular flexibility index (Phi) is 5.71. The molecule has 1 N–H and O–H groups in total. The Morgan fingerprint density at radius 2 is 1.95 bits per heavy atom. The van der Waals surface area contributed by atoms with E-state index in [-0.39, 0.29) is 0 Å². The summed E-state index contributed by atoms with van der Waals surface area (Å²) in [7, 11) is 0. The summed E-state index contributed by atoms with van der Waals surface area (Å²) in [6, 6.07) is 5.74. The van der Waals surface area contributed by atoms with Crippen molar-refractivity contribution in [2.24, 2.45) is 0 Å². The highest BCUT2D eigenvalue weighted by Gasteiger charge is 2.23. The maximum Gasteiger partial charge on any atom is 0.126 e. The quantitative estimate of drug-likeness (QED) is 0.821. The third-order valence-electron chi connectivity index (χ3n) is 5.29. The fraction of sp³-hybridized carbons (Fsp3) is 0.737. The third kappa shape index (κ3) is 4.01. The molecule has 2 aliphatic rings. The lowest BCUT2D eigenvalue weighted by molar-refractivity contribution is 0.146. The van der Waals surface area contributed by atoms with Gasteiger partial charge in [-0.25, -0.2) is 4.98 Å². The van der Waals surface area contributed by atoms with E-state index in [1.807, 2.05) is 0 Å². The maximum atomic E-state index is 4.69. The van der Waals surface area contributed by atoms with Crippen LogP contribution in [0.1, 0.15) is 76.3 Å². The number of hydrogen-bond acceptors (Lipinski definition) is 3. The number of piperidine rings is 1. The lowest BCUT2D eigenvalue weighted by Gasteiger charge is -2.36. The van der Waals surface area contributed by atoms with Crippen molar-refractivity contribution in [3.05, 3.63) is 23.9 Å². The molecule has 0 bridgehead atoms. The Bertz CT molecular complexity index is 436. The normalized spacial score (nSPS) is 23.8. The van der Waals surface area contributed by atoms with Gasteiger partial charge in [0.1, 0.15) is 5.82 Å². The van der Waals surface area contributed by atoms with Crippen molar-refractivity contribution in [1.29, 1.82) is 0 Å². The molecule has 0 radical (unpaired) electrons. The number of pyridine rings is 1. The van der Waals surface area contributed by atoms with Gasteiger partial charge in [-0.15, -0.1) is 0 Å². The standard InChI is InChI=1S/C19H31N3/c1-2-3-13-22-14-7-6-10-18(22)16-11-12-19(20-15-16)21-17-8-4-5-9-17/h11-12,15,17-18H,2-10,13-14H2,1H3,(H,20,21). The molecule has 3 rings (SSSR count). The van der Waals surface area contributed by atoms with Crippen molar-refractivity contribution >= 4 is 5.82 Å². The van der Waals surface area contributed by atoms with E-state index in [0.717, 1.165) is 5.82 Å². The second kappa shape index (κ2) is 7.96. The van der Waals surface area contributed by atoms with Crippen LogP contribution in [0.4, 0.5) is 5.82 Å². The van der Waals surface area contributed by atoms with Crippen LogP contribution in [0.15, 0.2) is 18.3 Å². The molecule has 1 aromatic heterocycles. The van der Waals surface area contributed by atoms with E-state index in [0.29, 0.717) is 12.1 Å². The number of aromatic nitrogens is 1. The topological polar surface area (TPSA) is 28.2 Å². The minimum Gasteiger partial charge on any atom is -0.367 e. The van der Waals surface area contributed by atoms with E-state index >= 15 is 0 Å². The SMILES string of the molecule is CCCCN1CCCCC1c1ccc(NC2CCCC2)nc1. The molecule has 1 aliphatic carbocycles. The van der Waals surface area contributed by atoms with Crippen LogP contribution >= 0.6 is 0 Å². The van der Waals surface area contributed by atoms with Crippen molar-refractivity contribution in [2.45, 2.75) is 76.8 Å². The number of nitrogens with zero attached hydrogens (tertiary/aromatic N) is 2. The van der Waals surface area contributed by atoms with Crippen molar-refractivity contribution in [1.82, 2.24) is 9.88 Å². The molecule has 0 amide bonds. The van der Waals surface area contributed by atoms with Gasteiger partial charge in [0.15, 0.2) is 0 Å². The Morgan fingerprint density at radius 3 is 2.68 bits per heavy atom. The molecule has 1 unspecified atom stereocenters. The fourth-order valence-corrected chi connectivity index (χ4v) is 3.96. The van der Waals surface area contributed by atoms with E-state index in [1.165, 1.54) is 76.4 Å². The molecular weight excluding hydrogens is 270 g/mol. The molecule has 0 spiro atoms. The maximum absolute atomic E-state index is 4.69. The molecule has 1 saturated heterocycles. The van der Waals surface area contributed by atoms with Crippen molar-refractivity contribution in [3.63, 3.8) is 0 Å². The van der Waals surface area contributed by atoms with Gasteiger partial charge in [0.05, 0.1) is 0 Å². The Hall–Kier alpha value is -1.09. The van der Waals surface area contributed by atoms with Crippen LogP contribution in [-0.4, -0.2) is 29.0 Å². The summed E-state index contributed by atoms with van der Waals surface area (Å²) in [5, 5.41) is 3.59. The summed E-state index contributed by atoms with van der Waals surface area (Å²) in [6.45, 7) is 4.78. The zero-order valence-electron chi connectivity index (χ0n) is 14.1. The number of nitrogens with one attached hydrogen (secondary N) is 1. The van der Waals surface area contributed by atoms with Crippen LogP contribution in [0.25, 0.3) is 0 Å². The highest BCUT2D eigenvalue weighted by atomic mass is 15.2. The zero-order chi connectivity index (χ0) is 15.2. The van der Waals surface area contributed by atoms with Gasteiger partial charge in [0.25, 0.3) is 0 Å². The number of likely N-dealkylation sites (tertiary alicyclic amines) is 1. The lowest BCUT2D eigenvalue weighted by Crippen LogP contribution is -2.34. The first-order valence-corrected chi connectivity index (χ1v) is 9.33. The van der Waals surface area contributed by atoms with Gasteiger partial charge in [0.2, 0.25) is 0 Å². The van der Waals surface area contributed by atoms with Crippen LogP contribution in [0.3, 0.4) is 0 Å². The van der Waals surface area contributed by atoms with Gasteiger partial charge in [-0.05, 0) is 56.8 Å². The van der Waals surface area contributed by atoms with Gasteiger partial charge in [-0.1, -0.05) is 38.7 Å². The number of anilines is 1. The predicted octanol–water partition coefficient (Wildman–Crippen LogP) is 4.76. The number of rotatable bonds is 6. The van der Waals surface area contributed by atoms with Crippen LogP contribution < -0.4 is 5.32 Å². The van der Waals surface area contributed by atoms with Crippen molar-refractivity contribution in [3.8, 4) is 0 Å². The highest BCUT2D eigenvalue weighted by molar-refractivity contribution is 5.37. The summed E-state index contributed by atoms with van der Waals surface area (Å²) in [6.07, 6.45) is 14.1. The lowest BCUT2D eigenvalue weighted by atomic mass is 9.96. The van der Waals surface area contributed by atoms with Gasteiger partial charge >= 0.3 is 0 Å². The largest absolute Gasteiger partial charge is 0.367 e. The first kappa shape index (κ1) is 15.8. The molecule has 1 saturated carbocycles. The molecule has 1 atom stereocenters. The molecular formula is C19H31N3. The van der Waals surface area contributed by atoms with Crippen LogP contribution in [0.5, 0.6) is 0 Å². The molecule has 1 aliphatic heterocycles. The molecule has 3 heteroatoms. The van der Waals surface area contributed by atoms with Crippen LogP contribution in [0.2, 0.25) is 0 Å². The smallest absolute Gasteiger partial charge is 0.126 e. The zero-order valence-corrected chi connectivity index (χ0v) is 14.1. The fourth-order valence-electron chi connectivity index (χ4n) is 3.96. The van der Waals surface area contributed by atoms with Gasteiger partial charge in [0, 0.05) is 18.3 Å².